The minimum Gasteiger partial charge on any atom is -0.872 e. The number of pyridine rings is 1. The maximum atomic E-state index is 11.9. The van der Waals surface area contributed by atoms with Crippen molar-refractivity contribution in [2.75, 3.05) is 0 Å². The molecular formula is C17H10N3O5-. The molecule has 3 rings (SSSR count). The molecule has 0 unspecified atom stereocenters. The van der Waals surface area contributed by atoms with E-state index in [1.807, 2.05) is 12.1 Å². The van der Waals surface area contributed by atoms with Crippen LogP contribution in [-0.4, -0.2) is 14.8 Å². The molecule has 0 amide bonds. The molecule has 3 aromatic rings. The van der Waals surface area contributed by atoms with Crippen molar-refractivity contribution in [1.82, 2.24) is 4.98 Å². The molecule has 8 heteroatoms. The SMILES string of the molecule is O=[N+]([O-])/C(=C\c1cc([N+](=O)[O-])ccc1[O-])c1ccc2ccccc2n1. The zero-order valence-corrected chi connectivity index (χ0v) is 12.7. The first kappa shape index (κ1) is 16.1. The van der Waals surface area contributed by atoms with Gasteiger partial charge in [-0.1, -0.05) is 30.3 Å². The minimum atomic E-state index is -0.671. The quantitative estimate of drug-likeness (QED) is 0.533. The van der Waals surface area contributed by atoms with Crippen LogP contribution in [0.4, 0.5) is 5.69 Å². The van der Waals surface area contributed by atoms with Crippen LogP contribution in [0, 0.1) is 20.2 Å². The third kappa shape index (κ3) is 3.27. The fourth-order valence-electron chi connectivity index (χ4n) is 2.34. The van der Waals surface area contributed by atoms with Crippen LogP contribution in [0.1, 0.15) is 11.3 Å². The summed E-state index contributed by atoms with van der Waals surface area (Å²) < 4.78 is 0. The highest BCUT2D eigenvalue weighted by Crippen LogP contribution is 2.26. The number of nitrogens with zero attached hydrogens (tertiary/aromatic N) is 3. The van der Waals surface area contributed by atoms with Gasteiger partial charge in [0.15, 0.2) is 0 Å². The largest absolute Gasteiger partial charge is 0.872 e. The summed E-state index contributed by atoms with van der Waals surface area (Å²) in [5.74, 6) is -0.550. The Morgan fingerprint density at radius 1 is 1.00 bits per heavy atom. The number of hydrogen-bond acceptors (Lipinski definition) is 6. The highest BCUT2D eigenvalue weighted by Gasteiger charge is 2.17. The summed E-state index contributed by atoms with van der Waals surface area (Å²) in [5, 5.41) is 35.0. The van der Waals surface area contributed by atoms with Crippen LogP contribution in [0.2, 0.25) is 0 Å². The third-order valence-electron chi connectivity index (χ3n) is 3.55. The molecular weight excluding hydrogens is 326 g/mol. The molecule has 0 aliphatic heterocycles. The average Bonchev–Trinajstić information content (AvgIpc) is 2.60. The molecule has 0 radical (unpaired) electrons. The van der Waals surface area contributed by atoms with E-state index in [0.29, 0.717) is 5.52 Å². The van der Waals surface area contributed by atoms with Gasteiger partial charge >= 0.3 is 0 Å². The summed E-state index contributed by atoms with van der Waals surface area (Å²) in [7, 11) is 0. The maximum Gasteiger partial charge on any atom is 0.295 e. The van der Waals surface area contributed by atoms with Crippen LogP contribution in [0.3, 0.4) is 0 Å². The first-order valence-corrected chi connectivity index (χ1v) is 7.13. The second-order valence-electron chi connectivity index (χ2n) is 5.16. The number of non-ortho nitro benzene ring substituents is 1. The lowest BCUT2D eigenvalue weighted by molar-refractivity contribution is -0.385. The second kappa shape index (κ2) is 6.36. The first-order valence-electron chi connectivity index (χ1n) is 7.13. The van der Waals surface area contributed by atoms with Crippen molar-refractivity contribution < 1.29 is 15.0 Å². The number of nitro benzene ring substituents is 1. The monoisotopic (exact) mass is 336 g/mol. The summed E-state index contributed by atoms with van der Waals surface area (Å²) in [5.41, 5.74) is -0.247. The van der Waals surface area contributed by atoms with Crippen molar-refractivity contribution in [2.45, 2.75) is 0 Å². The second-order valence-corrected chi connectivity index (χ2v) is 5.16. The Balaban J connectivity index is 2.15. The van der Waals surface area contributed by atoms with E-state index in [2.05, 4.69) is 4.98 Å². The van der Waals surface area contributed by atoms with Crippen LogP contribution >= 0.6 is 0 Å². The maximum absolute atomic E-state index is 11.9. The summed E-state index contributed by atoms with van der Waals surface area (Å²) in [6, 6.07) is 13.3. The van der Waals surface area contributed by atoms with Crippen molar-refractivity contribution >= 4 is 28.4 Å². The minimum absolute atomic E-state index is 0.0645. The molecule has 0 atom stereocenters. The molecule has 0 fully saturated rings. The van der Waals surface area contributed by atoms with Gasteiger partial charge in [0.2, 0.25) is 0 Å². The topological polar surface area (TPSA) is 122 Å². The molecule has 0 saturated carbocycles. The highest BCUT2D eigenvalue weighted by molar-refractivity contribution is 5.83. The van der Waals surface area contributed by atoms with E-state index in [1.54, 1.807) is 18.2 Å². The van der Waals surface area contributed by atoms with Crippen molar-refractivity contribution in [3.63, 3.8) is 0 Å². The Labute approximate surface area is 141 Å². The van der Waals surface area contributed by atoms with E-state index in [-0.39, 0.29) is 16.9 Å². The van der Waals surface area contributed by atoms with E-state index in [9.17, 15) is 25.3 Å². The Morgan fingerprint density at radius 2 is 1.76 bits per heavy atom. The average molecular weight is 336 g/mol. The zero-order chi connectivity index (χ0) is 18.0. The normalized spacial score (nSPS) is 11.4. The van der Waals surface area contributed by atoms with Gasteiger partial charge in [0.25, 0.3) is 11.4 Å². The number of benzene rings is 2. The smallest absolute Gasteiger partial charge is 0.295 e. The lowest BCUT2D eigenvalue weighted by atomic mass is 10.1. The van der Waals surface area contributed by atoms with E-state index in [1.165, 1.54) is 6.07 Å². The lowest BCUT2D eigenvalue weighted by Gasteiger charge is -2.09. The fourth-order valence-corrected chi connectivity index (χ4v) is 2.34. The summed E-state index contributed by atoms with van der Waals surface area (Å²) >= 11 is 0. The molecule has 8 nitrogen and oxygen atoms in total. The van der Waals surface area contributed by atoms with Crippen molar-refractivity contribution in [3.8, 4) is 5.75 Å². The molecule has 0 aliphatic rings. The van der Waals surface area contributed by atoms with Crippen LogP contribution in [0.25, 0.3) is 22.7 Å². The summed E-state index contributed by atoms with van der Waals surface area (Å²) in [6.45, 7) is 0. The van der Waals surface area contributed by atoms with Gasteiger partial charge in [0.1, 0.15) is 5.69 Å². The number of para-hydroxylation sites is 1. The molecule has 0 aliphatic carbocycles. The zero-order valence-electron chi connectivity index (χ0n) is 12.7. The molecule has 25 heavy (non-hydrogen) atoms. The molecule has 1 aromatic heterocycles. The Kier molecular flexibility index (Phi) is 4.09. The van der Waals surface area contributed by atoms with Gasteiger partial charge in [-0.15, -0.1) is 5.75 Å². The lowest BCUT2D eigenvalue weighted by Crippen LogP contribution is -2.02. The van der Waals surface area contributed by atoms with Gasteiger partial charge in [-0.2, -0.15) is 0 Å². The van der Waals surface area contributed by atoms with Crippen LogP contribution in [-0.2, 0) is 0 Å². The van der Waals surface area contributed by atoms with Gasteiger partial charge in [-0.3, -0.25) is 20.2 Å². The van der Waals surface area contributed by atoms with Crippen molar-refractivity contribution in [1.29, 1.82) is 0 Å². The summed E-state index contributed by atoms with van der Waals surface area (Å²) in [6.07, 6.45) is 1.01. The number of hydrogen-bond donors (Lipinski definition) is 0. The fraction of sp³-hybridized carbons (Fsp3) is 0. The van der Waals surface area contributed by atoms with Crippen LogP contribution in [0.5, 0.6) is 5.75 Å². The number of aromatic nitrogens is 1. The van der Waals surface area contributed by atoms with Crippen molar-refractivity contribution in [3.05, 3.63) is 86.1 Å². The number of nitro groups is 2. The number of rotatable bonds is 4. The molecule has 124 valence electrons. The van der Waals surface area contributed by atoms with Gasteiger partial charge < -0.3 is 5.11 Å². The van der Waals surface area contributed by atoms with E-state index in [4.69, 9.17) is 0 Å². The standard InChI is InChI=1S/C17H11N3O5/c21-17-8-6-13(19(22)23)9-12(17)10-16(20(24)25)15-7-5-11-3-1-2-4-14(11)18-15/h1-10,21H/p-1/b16-10-. The Morgan fingerprint density at radius 3 is 2.48 bits per heavy atom. The summed E-state index contributed by atoms with van der Waals surface area (Å²) in [4.78, 5) is 25.2. The highest BCUT2D eigenvalue weighted by atomic mass is 16.6. The predicted molar refractivity (Wildman–Crippen MR) is 89.2 cm³/mol. The predicted octanol–water partition coefficient (Wildman–Crippen LogP) is 2.99. The molecule has 0 spiro atoms. The van der Waals surface area contributed by atoms with Gasteiger partial charge in [-0.05, 0) is 17.7 Å². The molecule has 2 aromatic carbocycles. The first-order chi connectivity index (χ1) is 12.0. The Bertz CT molecular complexity index is 1030. The van der Waals surface area contributed by atoms with E-state index >= 15 is 0 Å². The van der Waals surface area contributed by atoms with Gasteiger partial charge in [0.05, 0.1) is 15.4 Å². The molecule has 0 N–H and O–H groups in total. The Hall–Kier alpha value is -3.81. The van der Waals surface area contributed by atoms with E-state index in [0.717, 1.165) is 29.7 Å². The van der Waals surface area contributed by atoms with Gasteiger partial charge in [0, 0.05) is 23.6 Å². The number of fused-ring (bicyclic) bond motifs is 1. The molecule has 0 bridgehead atoms. The van der Waals surface area contributed by atoms with E-state index < -0.39 is 21.3 Å². The van der Waals surface area contributed by atoms with Crippen molar-refractivity contribution in [2.24, 2.45) is 0 Å². The van der Waals surface area contributed by atoms with Crippen LogP contribution < -0.4 is 5.11 Å². The third-order valence-corrected chi connectivity index (χ3v) is 3.55. The molecule has 1 heterocycles. The molecule has 0 saturated heterocycles. The van der Waals surface area contributed by atoms with Crippen LogP contribution in [0.15, 0.2) is 54.6 Å². The van der Waals surface area contributed by atoms with Gasteiger partial charge in [-0.25, -0.2) is 4.98 Å².